The molecule has 0 aliphatic rings. The minimum atomic E-state index is -3.91. The summed E-state index contributed by atoms with van der Waals surface area (Å²) < 4.78 is 42.5. The summed E-state index contributed by atoms with van der Waals surface area (Å²) in [7, 11) is -1.11. The van der Waals surface area contributed by atoms with Crippen molar-refractivity contribution in [1.29, 1.82) is 5.26 Å². The Morgan fingerprint density at radius 3 is 2.64 bits per heavy atom. The van der Waals surface area contributed by atoms with E-state index in [9.17, 15) is 13.2 Å². The molecule has 2 aromatic rings. The van der Waals surface area contributed by atoms with E-state index in [4.69, 9.17) is 19.5 Å². The lowest BCUT2D eigenvalue weighted by atomic mass is 10.1. The second-order valence-corrected chi connectivity index (χ2v) is 7.38. The molecule has 0 bridgehead atoms. The number of benzene rings is 2. The van der Waals surface area contributed by atoms with Crippen molar-refractivity contribution in [2.24, 2.45) is 0 Å². The lowest BCUT2D eigenvalue weighted by molar-refractivity contribution is 0.0472. The van der Waals surface area contributed by atoms with Gasteiger partial charge < -0.3 is 14.2 Å². The van der Waals surface area contributed by atoms with Crippen molar-refractivity contribution in [3.63, 3.8) is 0 Å². The molecule has 0 spiro atoms. The number of rotatable bonds is 9. The largest absolute Gasteiger partial charge is 0.495 e. The van der Waals surface area contributed by atoms with E-state index in [0.29, 0.717) is 11.1 Å². The first-order chi connectivity index (χ1) is 13.4. The van der Waals surface area contributed by atoms with Gasteiger partial charge in [-0.3, -0.25) is 0 Å². The molecule has 2 rings (SSSR count). The van der Waals surface area contributed by atoms with Gasteiger partial charge in [0, 0.05) is 13.7 Å². The van der Waals surface area contributed by atoms with E-state index in [0.717, 1.165) is 0 Å². The first-order valence-electron chi connectivity index (χ1n) is 8.24. The molecule has 0 radical (unpaired) electrons. The summed E-state index contributed by atoms with van der Waals surface area (Å²) in [6.07, 6.45) is 0. The van der Waals surface area contributed by atoms with E-state index in [1.807, 2.05) is 6.07 Å². The Morgan fingerprint density at radius 2 is 1.96 bits per heavy atom. The Bertz CT molecular complexity index is 982. The van der Waals surface area contributed by atoms with Crippen LogP contribution in [-0.4, -0.2) is 41.8 Å². The second kappa shape index (κ2) is 9.85. The minimum absolute atomic E-state index is 0.0471. The molecule has 28 heavy (non-hydrogen) atoms. The summed E-state index contributed by atoms with van der Waals surface area (Å²) in [5, 5.41) is 8.91. The van der Waals surface area contributed by atoms with Crippen LogP contribution in [-0.2, 0) is 26.1 Å². The van der Waals surface area contributed by atoms with Gasteiger partial charge in [-0.05, 0) is 35.9 Å². The van der Waals surface area contributed by atoms with Crippen LogP contribution < -0.4 is 9.46 Å². The molecule has 0 saturated carbocycles. The van der Waals surface area contributed by atoms with Gasteiger partial charge in [-0.25, -0.2) is 17.9 Å². The van der Waals surface area contributed by atoms with Gasteiger partial charge in [-0.1, -0.05) is 12.1 Å². The van der Waals surface area contributed by atoms with Gasteiger partial charge in [0.15, 0.2) is 0 Å². The van der Waals surface area contributed by atoms with Crippen LogP contribution in [0, 0.1) is 11.3 Å². The maximum atomic E-state index is 12.5. The summed E-state index contributed by atoms with van der Waals surface area (Å²) >= 11 is 0. The maximum Gasteiger partial charge on any atom is 0.338 e. The van der Waals surface area contributed by atoms with Crippen molar-refractivity contribution in [3.05, 3.63) is 59.2 Å². The van der Waals surface area contributed by atoms with Crippen LogP contribution in [0.1, 0.15) is 21.5 Å². The molecule has 0 aromatic heterocycles. The molecule has 9 heteroatoms. The van der Waals surface area contributed by atoms with Gasteiger partial charge in [0.1, 0.15) is 17.3 Å². The van der Waals surface area contributed by atoms with Crippen molar-refractivity contribution >= 4 is 16.0 Å². The van der Waals surface area contributed by atoms with Crippen LogP contribution in [0.2, 0.25) is 0 Å². The van der Waals surface area contributed by atoms with Crippen molar-refractivity contribution in [3.8, 4) is 11.8 Å². The van der Waals surface area contributed by atoms with Crippen LogP contribution in [0.5, 0.6) is 5.75 Å². The summed E-state index contributed by atoms with van der Waals surface area (Å²) in [5.41, 5.74) is 1.16. The van der Waals surface area contributed by atoms with Crippen LogP contribution in [0.15, 0.2) is 47.4 Å². The van der Waals surface area contributed by atoms with Gasteiger partial charge in [0.05, 0.1) is 30.9 Å². The number of sulfonamides is 1. The fourth-order valence-electron chi connectivity index (χ4n) is 2.33. The number of methoxy groups -OCH3 is 2. The number of nitriles is 1. The highest BCUT2D eigenvalue weighted by molar-refractivity contribution is 7.89. The summed E-state index contributed by atoms with van der Waals surface area (Å²) in [6, 6.07) is 12.7. The molecule has 0 amide bonds. The Hall–Kier alpha value is -2.93. The van der Waals surface area contributed by atoms with Crippen molar-refractivity contribution in [2.45, 2.75) is 11.5 Å². The molecular weight excluding hydrogens is 384 g/mol. The number of ether oxygens (including phenoxy) is 3. The van der Waals surface area contributed by atoms with E-state index in [1.165, 1.54) is 32.4 Å². The molecular formula is C19H20N2O6S. The number of carbonyl (C=O) groups is 1. The first-order valence-corrected chi connectivity index (χ1v) is 9.72. The molecule has 0 aliphatic heterocycles. The lowest BCUT2D eigenvalue weighted by Crippen LogP contribution is -2.27. The maximum absolute atomic E-state index is 12.5. The third kappa shape index (κ3) is 5.53. The molecule has 2 aromatic carbocycles. The average Bonchev–Trinajstić information content (AvgIpc) is 2.71. The smallest absolute Gasteiger partial charge is 0.338 e. The standard InChI is InChI=1S/C19H20N2O6S/c1-25-9-8-21-28(23,24)18-11-16(6-7-17(18)26-2)19(22)27-13-15-5-3-4-14(10-15)12-20/h3-7,10-11,21H,8-9,13H2,1-2H3. The van der Waals surface area contributed by atoms with Crippen LogP contribution >= 0.6 is 0 Å². The van der Waals surface area contributed by atoms with E-state index in [1.54, 1.807) is 24.3 Å². The molecule has 0 fully saturated rings. The number of hydrogen-bond acceptors (Lipinski definition) is 7. The Labute approximate surface area is 163 Å². The van der Waals surface area contributed by atoms with Crippen molar-refractivity contribution in [2.75, 3.05) is 27.4 Å². The number of carbonyl (C=O) groups excluding carboxylic acids is 1. The fraction of sp³-hybridized carbons (Fsp3) is 0.263. The molecule has 8 nitrogen and oxygen atoms in total. The zero-order chi connectivity index (χ0) is 20.6. The molecule has 0 heterocycles. The third-order valence-electron chi connectivity index (χ3n) is 3.71. The number of nitrogens with zero attached hydrogens (tertiary/aromatic N) is 1. The number of hydrogen-bond donors (Lipinski definition) is 1. The molecule has 1 N–H and O–H groups in total. The quantitative estimate of drug-likeness (QED) is 0.501. The van der Waals surface area contributed by atoms with Crippen LogP contribution in [0.4, 0.5) is 0 Å². The second-order valence-electron chi connectivity index (χ2n) is 5.64. The van der Waals surface area contributed by atoms with E-state index >= 15 is 0 Å². The van der Waals surface area contributed by atoms with E-state index in [2.05, 4.69) is 4.72 Å². The lowest BCUT2D eigenvalue weighted by Gasteiger charge is -2.12. The molecule has 0 atom stereocenters. The third-order valence-corrected chi connectivity index (χ3v) is 5.20. The summed E-state index contributed by atoms with van der Waals surface area (Å²) in [5.74, 6) is -0.596. The van der Waals surface area contributed by atoms with Crippen molar-refractivity contribution in [1.82, 2.24) is 4.72 Å². The summed E-state index contributed by atoms with van der Waals surface area (Å²) in [6.45, 7) is 0.228. The van der Waals surface area contributed by atoms with E-state index < -0.39 is 16.0 Å². The monoisotopic (exact) mass is 404 g/mol. The summed E-state index contributed by atoms with van der Waals surface area (Å²) in [4.78, 5) is 12.2. The predicted octanol–water partition coefficient (Wildman–Crippen LogP) is 1.85. The van der Waals surface area contributed by atoms with Gasteiger partial charge in [-0.15, -0.1) is 0 Å². The SMILES string of the molecule is COCCNS(=O)(=O)c1cc(C(=O)OCc2cccc(C#N)c2)ccc1OC. The minimum Gasteiger partial charge on any atom is -0.495 e. The molecule has 0 unspecified atom stereocenters. The van der Waals surface area contributed by atoms with Crippen molar-refractivity contribution < 1.29 is 27.4 Å². The Balaban J connectivity index is 2.19. The molecule has 0 saturated heterocycles. The van der Waals surface area contributed by atoms with Crippen LogP contribution in [0.3, 0.4) is 0 Å². The zero-order valence-corrected chi connectivity index (χ0v) is 16.3. The topological polar surface area (TPSA) is 115 Å². The molecule has 148 valence electrons. The Morgan fingerprint density at radius 1 is 1.18 bits per heavy atom. The van der Waals surface area contributed by atoms with Gasteiger partial charge in [-0.2, -0.15) is 5.26 Å². The van der Waals surface area contributed by atoms with Gasteiger partial charge >= 0.3 is 5.97 Å². The number of esters is 1. The average molecular weight is 404 g/mol. The zero-order valence-electron chi connectivity index (χ0n) is 15.5. The highest BCUT2D eigenvalue weighted by atomic mass is 32.2. The van der Waals surface area contributed by atoms with E-state index in [-0.39, 0.29) is 36.0 Å². The number of nitrogens with one attached hydrogen (secondary N) is 1. The first kappa shape index (κ1) is 21.4. The molecule has 0 aliphatic carbocycles. The predicted molar refractivity (Wildman–Crippen MR) is 100 cm³/mol. The van der Waals surface area contributed by atoms with Gasteiger partial charge in [0.2, 0.25) is 10.0 Å². The van der Waals surface area contributed by atoms with Gasteiger partial charge in [0.25, 0.3) is 0 Å². The highest BCUT2D eigenvalue weighted by Gasteiger charge is 2.22. The Kier molecular flexibility index (Phi) is 7.52. The normalized spacial score (nSPS) is 10.9. The highest BCUT2D eigenvalue weighted by Crippen LogP contribution is 2.25. The van der Waals surface area contributed by atoms with Crippen LogP contribution in [0.25, 0.3) is 0 Å². The fourth-order valence-corrected chi connectivity index (χ4v) is 3.54.